The second kappa shape index (κ2) is 5.13. The van der Waals surface area contributed by atoms with E-state index in [1.54, 1.807) is 0 Å². The van der Waals surface area contributed by atoms with Gasteiger partial charge in [0.25, 0.3) is 5.91 Å². The molecular formula is C16H13BrN2O. The number of aromatic amines is 1. The molecule has 1 heterocycles. The van der Waals surface area contributed by atoms with Gasteiger partial charge in [-0.05, 0) is 58.1 Å². The minimum Gasteiger partial charge on any atom is -0.361 e. The van der Waals surface area contributed by atoms with Gasteiger partial charge in [-0.1, -0.05) is 18.2 Å². The van der Waals surface area contributed by atoms with Crippen LogP contribution in [0, 0.1) is 6.92 Å². The maximum absolute atomic E-state index is 12.3. The van der Waals surface area contributed by atoms with Gasteiger partial charge in [0.2, 0.25) is 0 Å². The fourth-order valence-corrected chi connectivity index (χ4v) is 2.49. The number of amides is 1. The molecule has 2 aromatic carbocycles. The third-order valence-electron chi connectivity index (χ3n) is 3.26. The van der Waals surface area contributed by atoms with Gasteiger partial charge in [0.1, 0.15) is 0 Å². The van der Waals surface area contributed by atoms with Gasteiger partial charge in [-0.25, -0.2) is 0 Å². The summed E-state index contributed by atoms with van der Waals surface area (Å²) in [4.78, 5) is 15.4. The lowest BCUT2D eigenvalue weighted by Gasteiger charge is -2.09. The zero-order valence-corrected chi connectivity index (χ0v) is 12.5. The molecule has 0 radical (unpaired) electrons. The SMILES string of the molecule is Cc1cccc(NC(=O)c2ccc3cc[nH]c3c2)c1Br. The molecule has 2 N–H and O–H groups in total. The molecule has 0 atom stereocenters. The zero-order chi connectivity index (χ0) is 14.1. The molecule has 3 rings (SSSR count). The van der Waals surface area contributed by atoms with Crippen LogP contribution in [0.5, 0.6) is 0 Å². The summed E-state index contributed by atoms with van der Waals surface area (Å²) in [5.74, 6) is -0.118. The molecule has 0 spiro atoms. The van der Waals surface area contributed by atoms with E-state index in [-0.39, 0.29) is 5.91 Å². The van der Waals surface area contributed by atoms with Crippen molar-refractivity contribution in [2.45, 2.75) is 6.92 Å². The van der Waals surface area contributed by atoms with Crippen molar-refractivity contribution in [1.82, 2.24) is 4.98 Å². The molecule has 0 aliphatic carbocycles. The number of benzene rings is 2. The van der Waals surface area contributed by atoms with E-state index < -0.39 is 0 Å². The lowest BCUT2D eigenvalue weighted by molar-refractivity contribution is 0.102. The normalized spacial score (nSPS) is 10.7. The number of anilines is 1. The Balaban J connectivity index is 1.90. The maximum atomic E-state index is 12.3. The van der Waals surface area contributed by atoms with Crippen molar-refractivity contribution < 1.29 is 4.79 Å². The Morgan fingerprint density at radius 3 is 2.90 bits per heavy atom. The molecule has 1 aromatic heterocycles. The second-order valence-corrected chi connectivity index (χ2v) is 5.46. The molecule has 20 heavy (non-hydrogen) atoms. The molecule has 0 saturated carbocycles. The minimum atomic E-state index is -0.118. The Hall–Kier alpha value is -2.07. The van der Waals surface area contributed by atoms with Crippen LogP contribution < -0.4 is 5.32 Å². The van der Waals surface area contributed by atoms with E-state index in [2.05, 4.69) is 26.2 Å². The van der Waals surface area contributed by atoms with E-state index in [1.807, 2.05) is 55.6 Å². The first-order chi connectivity index (χ1) is 9.65. The van der Waals surface area contributed by atoms with Gasteiger partial charge >= 0.3 is 0 Å². The Morgan fingerprint density at radius 2 is 2.05 bits per heavy atom. The average molecular weight is 329 g/mol. The summed E-state index contributed by atoms with van der Waals surface area (Å²) >= 11 is 3.49. The molecule has 3 nitrogen and oxygen atoms in total. The molecular weight excluding hydrogens is 316 g/mol. The van der Waals surface area contributed by atoms with E-state index in [9.17, 15) is 4.79 Å². The Bertz CT molecular complexity index is 792. The molecule has 0 unspecified atom stereocenters. The Morgan fingerprint density at radius 1 is 1.20 bits per heavy atom. The van der Waals surface area contributed by atoms with Crippen molar-refractivity contribution in [2.24, 2.45) is 0 Å². The van der Waals surface area contributed by atoms with Crippen LogP contribution in [0.1, 0.15) is 15.9 Å². The third-order valence-corrected chi connectivity index (χ3v) is 4.31. The molecule has 0 saturated heterocycles. The fraction of sp³-hybridized carbons (Fsp3) is 0.0625. The smallest absolute Gasteiger partial charge is 0.255 e. The van der Waals surface area contributed by atoms with Crippen molar-refractivity contribution in [3.8, 4) is 0 Å². The number of nitrogens with one attached hydrogen (secondary N) is 2. The predicted molar refractivity (Wildman–Crippen MR) is 85.1 cm³/mol. The van der Waals surface area contributed by atoms with Crippen molar-refractivity contribution in [3.63, 3.8) is 0 Å². The highest BCUT2D eigenvalue weighted by molar-refractivity contribution is 9.10. The molecule has 100 valence electrons. The zero-order valence-electron chi connectivity index (χ0n) is 10.9. The molecule has 3 aromatic rings. The molecule has 0 fully saturated rings. The average Bonchev–Trinajstić information content (AvgIpc) is 2.91. The number of aryl methyl sites for hydroxylation is 1. The van der Waals surface area contributed by atoms with E-state index in [1.165, 1.54) is 0 Å². The number of fused-ring (bicyclic) bond motifs is 1. The summed E-state index contributed by atoms with van der Waals surface area (Å²) in [6.07, 6.45) is 1.86. The maximum Gasteiger partial charge on any atom is 0.255 e. The predicted octanol–water partition coefficient (Wildman–Crippen LogP) is 4.49. The molecule has 0 aliphatic rings. The van der Waals surface area contributed by atoms with E-state index in [0.717, 1.165) is 26.6 Å². The number of H-pyrrole nitrogens is 1. The van der Waals surface area contributed by atoms with Crippen molar-refractivity contribution in [2.75, 3.05) is 5.32 Å². The van der Waals surface area contributed by atoms with Crippen LogP contribution in [0.4, 0.5) is 5.69 Å². The molecule has 1 amide bonds. The van der Waals surface area contributed by atoms with Gasteiger partial charge in [0, 0.05) is 21.7 Å². The van der Waals surface area contributed by atoms with Gasteiger partial charge < -0.3 is 10.3 Å². The standard InChI is InChI=1S/C16H13BrN2O/c1-10-3-2-4-13(15(10)17)19-16(20)12-6-5-11-7-8-18-14(11)9-12/h2-9,18H,1H3,(H,19,20). The Labute approximate surface area is 125 Å². The number of carbonyl (C=O) groups excluding carboxylic acids is 1. The van der Waals surface area contributed by atoms with Crippen LogP contribution in [-0.4, -0.2) is 10.9 Å². The number of aromatic nitrogens is 1. The van der Waals surface area contributed by atoms with E-state index >= 15 is 0 Å². The Kier molecular flexibility index (Phi) is 3.32. The van der Waals surface area contributed by atoms with Crippen LogP contribution >= 0.6 is 15.9 Å². The van der Waals surface area contributed by atoms with Gasteiger partial charge in [0.15, 0.2) is 0 Å². The monoisotopic (exact) mass is 328 g/mol. The highest BCUT2D eigenvalue weighted by Gasteiger charge is 2.10. The first-order valence-corrected chi connectivity index (χ1v) is 7.08. The van der Waals surface area contributed by atoms with Gasteiger partial charge in [-0.2, -0.15) is 0 Å². The minimum absolute atomic E-state index is 0.118. The lowest BCUT2D eigenvalue weighted by atomic mass is 10.1. The summed E-state index contributed by atoms with van der Waals surface area (Å²) in [5, 5.41) is 4.02. The van der Waals surface area contributed by atoms with E-state index in [4.69, 9.17) is 0 Å². The summed E-state index contributed by atoms with van der Waals surface area (Å²) in [6, 6.07) is 13.4. The van der Waals surface area contributed by atoms with Gasteiger partial charge in [-0.3, -0.25) is 4.79 Å². The second-order valence-electron chi connectivity index (χ2n) is 4.67. The highest BCUT2D eigenvalue weighted by atomic mass is 79.9. The number of hydrogen-bond acceptors (Lipinski definition) is 1. The molecule has 0 bridgehead atoms. The topological polar surface area (TPSA) is 44.9 Å². The molecule has 0 aliphatic heterocycles. The lowest BCUT2D eigenvalue weighted by Crippen LogP contribution is -2.12. The number of hydrogen-bond donors (Lipinski definition) is 2. The first-order valence-electron chi connectivity index (χ1n) is 6.29. The summed E-state index contributed by atoms with van der Waals surface area (Å²) in [7, 11) is 0. The van der Waals surface area contributed by atoms with Gasteiger partial charge in [-0.15, -0.1) is 0 Å². The van der Waals surface area contributed by atoms with Gasteiger partial charge in [0.05, 0.1) is 5.69 Å². The van der Waals surface area contributed by atoms with Crippen LogP contribution in [0.3, 0.4) is 0 Å². The fourth-order valence-electron chi connectivity index (χ4n) is 2.13. The van der Waals surface area contributed by atoms with Crippen molar-refractivity contribution in [3.05, 3.63) is 64.3 Å². The van der Waals surface area contributed by atoms with E-state index in [0.29, 0.717) is 5.56 Å². The summed E-state index contributed by atoms with van der Waals surface area (Å²) < 4.78 is 0.911. The van der Waals surface area contributed by atoms with Crippen LogP contribution in [0.15, 0.2) is 53.1 Å². The van der Waals surface area contributed by atoms with Crippen LogP contribution in [-0.2, 0) is 0 Å². The van der Waals surface area contributed by atoms with Crippen molar-refractivity contribution >= 4 is 38.4 Å². The summed E-state index contributed by atoms with van der Waals surface area (Å²) in [6.45, 7) is 1.99. The third kappa shape index (κ3) is 2.34. The number of carbonyl (C=O) groups is 1. The first kappa shape index (κ1) is 12.9. The largest absolute Gasteiger partial charge is 0.361 e. The molecule has 4 heteroatoms. The van der Waals surface area contributed by atoms with Crippen LogP contribution in [0.25, 0.3) is 10.9 Å². The van der Waals surface area contributed by atoms with Crippen molar-refractivity contribution in [1.29, 1.82) is 0 Å². The number of rotatable bonds is 2. The highest BCUT2D eigenvalue weighted by Crippen LogP contribution is 2.26. The summed E-state index contributed by atoms with van der Waals surface area (Å²) in [5.41, 5.74) is 3.46. The van der Waals surface area contributed by atoms with Crippen LogP contribution in [0.2, 0.25) is 0 Å². The quantitative estimate of drug-likeness (QED) is 0.715. The number of halogens is 1.